The fourth-order valence-electron chi connectivity index (χ4n) is 2.75. The largest absolute Gasteiger partial charge is 0.379 e. The molecule has 8 heteroatoms. The predicted octanol–water partition coefficient (Wildman–Crippen LogP) is -0.704. The maximum atomic E-state index is 11.7. The fourth-order valence-corrected chi connectivity index (χ4v) is 3.82. The van der Waals surface area contributed by atoms with Crippen molar-refractivity contribution in [3.05, 3.63) is 0 Å². The Morgan fingerprint density at radius 3 is 2.05 bits per heavy atom. The predicted molar refractivity (Wildman–Crippen MR) is 74.4 cm³/mol. The molecule has 0 amide bonds. The molecule has 2 unspecified atom stereocenters. The molecule has 2 fully saturated rings. The molecule has 0 aliphatic carbocycles. The first kappa shape index (κ1) is 16.1. The van der Waals surface area contributed by atoms with Crippen molar-refractivity contribution in [3.63, 3.8) is 0 Å². The van der Waals surface area contributed by atoms with Crippen molar-refractivity contribution in [3.8, 4) is 0 Å². The fraction of sp³-hybridized carbons (Fsp3) is 1.00. The van der Waals surface area contributed by atoms with Crippen LogP contribution in [0.4, 0.5) is 0 Å². The molecule has 2 atom stereocenters. The summed E-state index contributed by atoms with van der Waals surface area (Å²) in [7, 11) is -4.08. The van der Waals surface area contributed by atoms with E-state index < -0.39 is 15.4 Å². The number of nitrogens with zero attached hydrogens (tertiary/aromatic N) is 2. The van der Waals surface area contributed by atoms with E-state index in [-0.39, 0.29) is 6.04 Å². The highest BCUT2D eigenvalue weighted by molar-refractivity contribution is 7.86. The van der Waals surface area contributed by atoms with Gasteiger partial charge < -0.3 is 9.47 Å². The molecular weight excluding hydrogens is 284 g/mol. The third kappa shape index (κ3) is 4.37. The lowest BCUT2D eigenvalue weighted by molar-refractivity contribution is 0.00950. The second kappa shape index (κ2) is 7.15. The zero-order valence-corrected chi connectivity index (χ0v) is 12.7. The van der Waals surface area contributed by atoms with E-state index in [1.54, 1.807) is 0 Å². The van der Waals surface area contributed by atoms with Gasteiger partial charge in [-0.05, 0) is 6.92 Å². The first-order chi connectivity index (χ1) is 9.48. The van der Waals surface area contributed by atoms with Crippen LogP contribution in [0.15, 0.2) is 0 Å². The van der Waals surface area contributed by atoms with Gasteiger partial charge in [-0.1, -0.05) is 0 Å². The highest BCUT2D eigenvalue weighted by Gasteiger charge is 2.35. The Bertz CT molecular complexity index is 391. The van der Waals surface area contributed by atoms with Crippen LogP contribution in [0.2, 0.25) is 0 Å². The highest BCUT2D eigenvalue weighted by atomic mass is 32.2. The third-order valence-corrected chi connectivity index (χ3v) is 5.39. The third-order valence-electron chi connectivity index (χ3n) is 4.08. The average Bonchev–Trinajstić information content (AvgIpc) is 2.45. The van der Waals surface area contributed by atoms with Crippen molar-refractivity contribution in [2.24, 2.45) is 0 Å². The summed E-state index contributed by atoms with van der Waals surface area (Å²) in [5, 5.41) is -0.793. The first-order valence-electron chi connectivity index (χ1n) is 7.06. The van der Waals surface area contributed by atoms with E-state index >= 15 is 0 Å². The van der Waals surface area contributed by atoms with E-state index in [1.165, 1.54) is 0 Å². The molecule has 2 rings (SSSR count). The van der Waals surface area contributed by atoms with Crippen LogP contribution in [-0.4, -0.2) is 93.2 Å². The van der Waals surface area contributed by atoms with Crippen LogP contribution in [0.3, 0.4) is 0 Å². The van der Waals surface area contributed by atoms with Gasteiger partial charge in [-0.3, -0.25) is 14.4 Å². The van der Waals surface area contributed by atoms with E-state index in [4.69, 9.17) is 9.47 Å². The van der Waals surface area contributed by atoms with Crippen molar-refractivity contribution in [1.82, 2.24) is 9.80 Å². The van der Waals surface area contributed by atoms with Crippen LogP contribution in [0.25, 0.3) is 0 Å². The highest BCUT2D eigenvalue weighted by Crippen LogP contribution is 2.16. The second-order valence-electron chi connectivity index (χ2n) is 5.36. The Kier molecular flexibility index (Phi) is 5.76. The molecule has 0 aromatic rings. The number of hydrogen-bond donors (Lipinski definition) is 1. The molecule has 0 aromatic heterocycles. The van der Waals surface area contributed by atoms with Gasteiger partial charge in [0.05, 0.1) is 26.4 Å². The van der Waals surface area contributed by atoms with Crippen molar-refractivity contribution >= 4 is 10.1 Å². The molecule has 118 valence electrons. The molecule has 7 nitrogen and oxygen atoms in total. The van der Waals surface area contributed by atoms with Crippen LogP contribution in [0, 0.1) is 0 Å². The van der Waals surface area contributed by atoms with Crippen molar-refractivity contribution < 1.29 is 22.4 Å². The molecule has 0 aromatic carbocycles. The minimum Gasteiger partial charge on any atom is -0.379 e. The van der Waals surface area contributed by atoms with Crippen molar-refractivity contribution in [1.29, 1.82) is 0 Å². The summed E-state index contributed by atoms with van der Waals surface area (Å²) in [6, 6.07) is -0.225. The lowest BCUT2D eigenvalue weighted by atomic mass is 10.1. The Balaban J connectivity index is 2.02. The summed E-state index contributed by atoms with van der Waals surface area (Å²) in [5.74, 6) is 0. The van der Waals surface area contributed by atoms with Gasteiger partial charge in [-0.2, -0.15) is 8.42 Å². The molecular formula is C12H24N2O5S. The van der Waals surface area contributed by atoms with Crippen LogP contribution in [0.5, 0.6) is 0 Å². The molecule has 0 spiro atoms. The summed E-state index contributed by atoms with van der Waals surface area (Å²) < 4.78 is 43.6. The lowest BCUT2D eigenvalue weighted by Gasteiger charge is -2.38. The molecule has 0 saturated carbocycles. The quantitative estimate of drug-likeness (QED) is 0.673. The van der Waals surface area contributed by atoms with Crippen LogP contribution in [0.1, 0.15) is 6.92 Å². The minimum absolute atomic E-state index is 0.225. The molecule has 2 aliphatic rings. The molecule has 2 saturated heterocycles. The summed E-state index contributed by atoms with van der Waals surface area (Å²) in [6.07, 6.45) is 0. The van der Waals surface area contributed by atoms with Crippen molar-refractivity contribution in [2.45, 2.75) is 18.2 Å². The van der Waals surface area contributed by atoms with E-state index in [9.17, 15) is 13.0 Å². The SMILES string of the molecule is CC(C(CN1CCOCC1)S(=O)(=O)O)N1CCOCC1. The Morgan fingerprint density at radius 1 is 1.05 bits per heavy atom. The summed E-state index contributed by atoms with van der Waals surface area (Å²) in [5.41, 5.74) is 0. The summed E-state index contributed by atoms with van der Waals surface area (Å²) >= 11 is 0. The van der Waals surface area contributed by atoms with Crippen LogP contribution >= 0.6 is 0 Å². The van der Waals surface area contributed by atoms with Gasteiger partial charge in [0.2, 0.25) is 0 Å². The maximum absolute atomic E-state index is 11.7. The molecule has 2 aliphatic heterocycles. The summed E-state index contributed by atoms with van der Waals surface area (Å²) in [6.45, 7) is 7.50. The van der Waals surface area contributed by atoms with Gasteiger partial charge in [0.15, 0.2) is 0 Å². The average molecular weight is 308 g/mol. The van der Waals surface area contributed by atoms with E-state index in [0.717, 1.165) is 0 Å². The number of morpholine rings is 2. The van der Waals surface area contributed by atoms with Crippen molar-refractivity contribution in [2.75, 3.05) is 59.2 Å². The van der Waals surface area contributed by atoms with Gasteiger partial charge in [-0.15, -0.1) is 0 Å². The Labute approximate surface area is 120 Å². The maximum Gasteiger partial charge on any atom is 0.270 e. The van der Waals surface area contributed by atoms with E-state index in [0.29, 0.717) is 59.2 Å². The number of rotatable bonds is 5. The lowest BCUT2D eigenvalue weighted by Crippen LogP contribution is -2.54. The van der Waals surface area contributed by atoms with Gasteiger partial charge in [0.25, 0.3) is 10.1 Å². The molecule has 1 N–H and O–H groups in total. The van der Waals surface area contributed by atoms with Crippen LogP contribution < -0.4 is 0 Å². The molecule has 0 bridgehead atoms. The van der Waals surface area contributed by atoms with Gasteiger partial charge in [-0.25, -0.2) is 0 Å². The minimum atomic E-state index is -4.08. The molecule has 0 radical (unpaired) electrons. The monoisotopic (exact) mass is 308 g/mol. The van der Waals surface area contributed by atoms with Crippen LogP contribution in [-0.2, 0) is 19.6 Å². The van der Waals surface area contributed by atoms with E-state index in [2.05, 4.69) is 4.90 Å². The van der Waals surface area contributed by atoms with Gasteiger partial charge in [0, 0.05) is 38.8 Å². The first-order valence-corrected chi connectivity index (χ1v) is 8.57. The van der Waals surface area contributed by atoms with Gasteiger partial charge in [0.1, 0.15) is 5.25 Å². The number of ether oxygens (including phenoxy) is 2. The topological polar surface area (TPSA) is 79.3 Å². The van der Waals surface area contributed by atoms with Gasteiger partial charge >= 0.3 is 0 Å². The van der Waals surface area contributed by atoms with E-state index in [1.807, 2.05) is 11.8 Å². The molecule has 20 heavy (non-hydrogen) atoms. The zero-order chi connectivity index (χ0) is 14.6. The standard InChI is InChI=1S/C12H24N2O5S/c1-11(14-4-8-19-9-5-14)12(20(15,16)17)10-13-2-6-18-7-3-13/h11-12H,2-10H2,1H3,(H,15,16,17). The number of hydrogen-bond acceptors (Lipinski definition) is 6. The molecule has 2 heterocycles. The summed E-state index contributed by atoms with van der Waals surface area (Å²) in [4.78, 5) is 4.11. The second-order valence-corrected chi connectivity index (χ2v) is 6.99. The Morgan fingerprint density at radius 2 is 1.55 bits per heavy atom. The zero-order valence-electron chi connectivity index (χ0n) is 11.9. The normalized spacial score (nSPS) is 26.3. The Hall–Kier alpha value is -0.250. The smallest absolute Gasteiger partial charge is 0.270 e.